The van der Waals surface area contributed by atoms with E-state index in [4.69, 9.17) is 4.74 Å². The Hall–Kier alpha value is -2.87. The minimum absolute atomic E-state index is 0.183. The number of amides is 1. The number of anilines is 2. The van der Waals surface area contributed by atoms with Gasteiger partial charge in [-0.3, -0.25) is 9.10 Å². The second-order valence-electron chi connectivity index (χ2n) is 6.61. The van der Waals surface area contributed by atoms with Crippen LogP contribution in [0.1, 0.15) is 28.4 Å². The molecule has 0 aliphatic rings. The second kappa shape index (κ2) is 8.43. The third-order valence-electron chi connectivity index (χ3n) is 4.14. The number of nitrogens with one attached hydrogen (secondary N) is 1. The van der Waals surface area contributed by atoms with Crippen LogP contribution in [-0.4, -0.2) is 39.7 Å². The van der Waals surface area contributed by atoms with E-state index in [1.54, 1.807) is 30.3 Å². The summed E-state index contributed by atoms with van der Waals surface area (Å²) in [6, 6.07) is 10.7. The maximum atomic E-state index is 12.8. The van der Waals surface area contributed by atoms with Gasteiger partial charge in [-0.25, -0.2) is 13.2 Å². The van der Waals surface area contributed by atoms with Crippen molar-refractivity contribution in [3.63, 3.8) is 0 Å². The summed E-state index contributed by atoms with van der Waals surface area (Å²) in [5.41, 5.74) is 2.60. The summed E-state index contributed by atoms with van der Waals surface area (Å²) in [4.78, 5) is 24.7. The van der Waals surface area contributed by atoms with Gasteiger partial charge in [-0.15, -0.1) is 0 Å². The van der Waals surface area contributed by atoms with Gasteiger partial charge in [0.15, 0.2) is 0 Å². The maximum Gasteiger partial charge on any atom is 0.339 e. The Labute approximate surface area is 165 Å². The highest BCUT2D eigenvalue weighted by Crippen LogP contribution is 2.25. The zero-order valence-corrected chi connectivity index (χ0v) is 17.3. The van der Waals surface area contributed by atoms with Crippen molar-refractivity contribution in [2.24, 2.45) is 0 Å². The van der Waals surface area contributed by atoms with Gasteiger partial charge >= 0.3 is 5.97 Å². The van der Waals surface area contributed by atoms with Gasteiger partial charge in [0.1, 0.15) is 6.04 Å². The first-order valence-electron chi connectivity index (χ1n) is 8.60. The van der Waals surface area contributed by atoms with E-state index in [1.807, 2.05) is 19.9 Å². The van der Waals surface area contributed by atoms with Crippen LogP contribution in [0.25, 0.3) is 0 Å². The van der Waals surface area contributed by atoms with Gasteiger partial charge in [0.2, 0.25) is 15.9 Å². The summed E-state index contributed by atoms with van der Waals surface area (Å²) in [5, 5.41) is 2.63. The van der Waals surface area contributed by atoms with Crippen LogP contribution >= 0.6 is 0 Å². The third kappa shape index (κ3) is 4.89. The number of carbonyl (C=O) groups excluding carboxylic acids is 2. The standard InChI is InChI=1S/C20H24N2O5S/c1-13-10-14(2)12-16(11-13)22(28(5,25)26)15(3)19(23)21-18-9-7-6-8-17(18)20(24)27-4/h6-12,15H,1-5H3,(H,21,23)/t15-/m1/s1. The summed E-state index contributed by atoms with van der Waals surface area (Å²) in [6.45, 7) is 5.21. The number of para-hydroxylation sites is 1. The SMILES string of the molecule is COC(=O)c1ccccc1NC(=O)[C@@H](C)N(c1cc(C)cc(C)c1)S(C)(=O)=O. The number of esters is 1. The molecule has 0 aromatic heterocycles. The van der Waals surface area contributed by atoms with E-state index in [0.29, 0.717) is 5.69 Å². The number of sulfonamides is 1. The monoisotopic (exact) mass is 404 g/mol. The van der Waals surface area contributed by atoms with Crippen LogP contribution < -0.4 is 9.62 Å². The minimum atomic E-state index is -3.74. The maximum absolute atomic E-state index is 12.8. The summed E-state index contributed by atoms with van der Waals surface area (Å²) < 4.78 is 30.7. The van der Waals surface area contributed by atoms with E-state index in [9.17, 15) is 18.0 Å². The van der Waals surface area contributed by atoms with Crippen LogP contribution in [0.5, 0.6) is 0 Å². The van der Waals surface area contributed by atoms with E-state index in [0.717, 1.165) is 21.7 Å². The van der Waals surface area contributed by atoms with Gasteiger partial charge in [-0.05, 0) is 56.2 Å². The molecule has 0 saturated carbocycles. The summed E-state index contributed by atoms with van der Waals surface area (Å²) in [6.07, 6.45) is 1.05. The zero-order chi connectivity index (χ0) is 21.1. The van der Waals surface area contributed by atoms with Gasteiger partial charge in [-0.1, -0.05) is 18.2 Å². The Bertz CT molecular complexity index is 981. The number of nitrogens with zero attached hydrogens (tertiary/aromatic N) is 1. The fraction of sp³-hybridized carbons (Fsp3) is 0.300. The fourth-order valence-corrected chi connectivity index (χ4v) is 4.16. The molecular weight excluding hydrogens is 380 g/mol. The molecule has 0 heterocycles. The number of ether oxygens (including phenoxy) is 1. The molecule has 0 radical (unpaired) electrons. The molecule has 0 aliphatic carbocycles. The normalized spacial score (nSPS) is 12.2. The van der Waals surface area contributed by atoms with Gasteiger partial charge < -0.3 is 10.1 Å². The molecule has 0 spiro atoms. The highest BCUT2D eigenvalue weighted by Gasteiger charge is 2.30. The fourth-order valence-electron chi connectivity index (χ4n) is 3.00. The van der Waals surface area contributed by atoms with E-state index < -0.39 is 27.9 Å². The largest absolute Gasteiger partial charge is 0.465 e. The van der Waals surface area contributed by atoms with Crippen molar-refractivity contribution in [3.8, 4) is 0 Å². The van der Waals surface area contributed by atoms with Gasteiger partial charge in [0.25, 0.3) is 0 Å². The lowest BCUT2D eigenvalue weighted by Gasteiger charge is -2.29. The van der Waals surface area contributed by atoms with Crippen LogP contribution in [0.3, 0.4) is 0 Å². The Morgan fingerprint density at radius 1 is 1.07 bits per heavy atom. The molecule has 7 nitrogen and oxygen atoms in total. The lowest BCUT2D eigenvalue weighted by Crippen LogP contribution is -2.45. The van der Waals surface area contributed by atoms with Crippen molar-refractivity contribution in [2.45, 2.75) is 26.8 Å². The number of carbonyl (C=O) groups is 2. The van der Waals surface area contributed by atoms with Gasteiger partial charge in [0.05, 0.1) is 30.3 Å². The van der Waals surface area contributed by atoms with Crippen molar-refractivity contribution in [3.05, 3.63) is 59.2 Å². The van der Waals surface area contributed by atoms with Crippen molar-refractivity contribution in [1.29, 1.82) is 0 Å². The molecule has 1 amide bonds. The minimum Gasteiger partial charge on any atom is -0.465 e. The van der Waals surface area contributed by atoms with Crippen molar-refractivity contribution in [1.82, 2.24) is 0 Å². The lowest BCUT2D eigenvalue weighted by molar-refractivity contribution is -0.116. The Morgan fingerprint density at radius 2 is 1.64 bits per heavy atom. The zero-order valence-electron chi connectivity index (χ0n) is 16.5. The molecule has 1 atom stereocenters. The molecule has 2 aromatic rings. The number of rotatable bonds is 6. The predicted octanol–water partition coefficient (Wildman–Crippen LogP) is 2.88. The molecule has 0 fully saturated rings. The Kier molecular flexibility index (Phi) is 6.45. The van der Waals surface area contributed by atoms with E-state index in [1.165, 1.54) is 20.1 Å². The molecule has 28 heavy (non-hydrogen) atoms. The van der Waals surface area contributed by atoms with E-state index in [-0.39, 0.29) is 11.3 Å². The first kappa shape index (κ1) is 21.4. The molecule has 2 aromatic carbocycles. The van der Waals surface area contributed by atoms with Gasteiger partial charge in [-0.2, -0.15) is 0 Å². The topological polar surface area (TPSA) is 92.8 Å². The molecule has 0 saturated heterocycles. The average molecular weight is 404 g/mol. The van der Waals surface area contributed by atoms with Crippen LogP contribution in [0.15, 0.2) is 42.5 Å². The van der Waals surface area contributed by atoms with Crippen LogP contribution in [0.2, 0.25) is 0 Å². The van der Waals surface area contributed by atoms with Crippen molar-refractivity contribution in [2.75, 3.05) is 23.0 Å². The number of hydrogen-bond donors (Lipinski definition) is 1. The number of benzene rings is 2. The number of aryl methyl sites for hydroxylation is 2. The summed E-state index contributed by atoms with van der Waals surface area (Å²) >= 11 is 0. The molecule has 150 valence electrons. The highest BCUT2D eigenvalue weighted by molar-refractivity contribution is 7.92. The molecule has 2 rings (SSSR count). The molecule has 8 heteroatoms. The Morgan fingerprint density at radius 3 is 2.18 bits per heavy atom. The molecule has 1 N–H and O–H groups in total. The summed E-state index contributed by atoms with van der Waals surface area (Å²) in [5.74, 6) is -1.17. The number of methoxy groups -OCH3 is 1. The lowest BCUT2D eigenvalue weighted by atomic mass is 10.1. The smallest absolute Gasteiger partial charge is 0.339 e. The predicted molar refractivity (Wildman–Crippen MR) is 109 cm³/mol. The first-order valence-corrected chi connectivity index (χ1v) is 10.5. The van der Waals surface area contributed by atoms with Crippen LogP contribution in [0, 0.1) is 13.8 Å². The number of hydrogen-bond acceptors (Lipinski definition) is 5. The first-order chi connectivity index (χ1) is 13.0. The Balaban J connectivity index is 2.40. The van der Waals surface area contributed by atoms with E-state index >= 15 is 0 Å². The summed E-state index contributed by atoms with van der Waals surface area (Å²) in [7, 11) is -2.49. The molecule has 0 bridgehead atoms. The second-order valence-corrected chi connectivity index (χ2v) is 8.47. The highest BCUT2D eigenvalue weighted by atomic mass is 32.2. The van der Waals surface area contributed by atoms with Gasteiger partial charge in [0, 0.05) is 0 Å². The third-order valence-corrected chi connectivity index (χ3v) is 5.38. The van der Waals surface area contributed by atoms with E-state index in [2.05, 4.69) is 5.32 Å². The van der Waals surface area contributed by atoms with Crippen LogP contribution in [0.4, 0.5) is 11.4 Å². The van der Waals surface area contributed by atoms with Crippen molar-refractivity contribution < 1.29 is 22.7 Å². The van der Waals surface area contributed by atoms with Crippen LogP contribution in [-0.2, 0) is 19.6 Å². The molecule has 0 aliphatic heterocycles. The average Bonchev–Trinajstić information content (AvgIpc) is 2.59. The quantitative estimate of drug-likeness (QED) is 0.748. The molecular formula is C20H24N2O5S. The molecule has 0 unspecified atom stereocenters. The van der Waals surface area contributed by atoms with Crippen molar-refractivity contribution >= 4 is 33.3 Å².